The van der Waals surface area contributed by atoms with Crippen LogP contribution in [0.5, 0.6) is 0 Å². The third kappa shape index (κ3) is 3.89. The molecule has 25 heavy (non-hydrogen) atoms. The number of rotatable bonds is 5. The van der Waals surface area contributed by atoms with Crippen molar-refractivity contribution in [2.75, 3.05) is 13.2 Å². The maximum Gasteiger partial charge on any atom is 0.123 e. The Labute approximate surface area is 147 Å². The molecule has 2 aliphatic rings. The largest absolute Gasteiger partial charge is 0.374 e. The number of hydrogen-bond donors (Lipinski definition) is 0. The lowest BCUT2D eigenvalue weighted by Crippen LogP contribution is -2.42. The minimum Gasteiger partial charge on any atom is -0.374 e. The number of pyridine rings is 1. The number of nitrogens with zero attached hydrogens (tertiary/aromatic N) is 2. The lowest BCUT2D eigenvalue weighted by Gasteiger charge is -2.31. The summed E-state index contributed by atoms with van der Waals surface area (Å²) in [5, 5.41) is 0. The van der Waals surface area contributed by atoms with Crippen molar-refractivity contribution in [2.24, 2.45) is 0 Å². The molecule has 2 fully saturated rings. The summed E-state index contributed by atoms with van der Waals surface area (Å²) in [5.74, 6) is -0.193. The van der Waals surface area contributed by atoms with Crippen LogP contribution in [-0.2, 0) is 22.6 Å². The van der Waals surface area contributed by atoms with Gasteiger partial charge in [0.25, 0.3) is 0 Å². The second-order valence-corrected chi connectivity index (χ2v) is 6.79. The minimum atomic E-state index is -0.193. The van der Waals surface area contributed by atoms with Gasteiger partial charge in [0, 0.05) is 31.5 Å². The zero-order valence-corrected chi connectivity index (χ0v) is 14.2. The molecule has 2 heterocycles. The number of halogens is 1. The Hall–Kier alpha value is -1.82. The van der Waals surface area contributed by atoms with Crippen LogP contribution in [0.4, 0.5) is 4.39 Å². The van der Waals surface area contributed by atoms with E-state index in [0.29, 0.717) is 12.6 Å². The highest BCUT2D eigenvalue weighted by atomic mass is 19.1. The molecular weight excluding hydrogens is 319 g/mol. The van der Waals surface area contributed by atoms with Gasteiger partial charge in [-0.3, -0.25) is 9.88 Å². The SMILES string of the molecule is Fc1ccc(CN2CCOC3CCC2C3OCc2cccnc2)cc1. The summed E-state index contributed by atoms with van der Waals surface area (Å²) >= 11 is 0. The molecule has 4 nitrogen and oxygen atoms in total. The molecule has 1 aromatic heterocycles. The van der Waals surface area contributed by atoms with Gasteiger partial charge in [0.2, 0.25) is 0 Å². The molecule has 0 radical (unpaired) electrons. The van der Waals surface area contributed by atoms with E-state index in [1.54, 1.807) is 6.20 Å². The maximum atomic E-state index is 13.1. The Balaban J connectivity index is 1.45. The Morgan fingerprint density at radius 1 is 1.16 bits per heavy atom. The van der Waals surface area contributed by atoms with Gasteiger partial charge in [0.05, 0.1) is 25.4 Å². The topological polar surface area (TPSA) is 34.6 Å². The first kappa shape index (κ1) is 16.6. The fourth-order valence-electron chi connectivity index (χ4n) is 3.88. The van der Waals surface area contributed by atoms with E-state index < -0.39 is 0 Å². The lowest BCUT2D eigenvalue weighted by atomic mass is 10.1. The van der Waals surface area contributed by atoms with Gasteiger partial charge < -0.3 is 9.47 Å². The van der Waals surface area contributed by atoms with Crippen molar-refractivity contribution < 1.29 is 13.9 Å². The molecule has 0 N–H and O–H groups in total. The van der Waals surface area contributed by atoms with E-state index in [1.165, 1.54) is 12.1 Å². The zero-order valence-electron chi connectivity index (χ0n) is 14.2. The number of ether oxygens (including phenoxy) is 2. The predicted octanol–water partition coefficient (Wildman–Crippen LogP) is 3.17. The van der Waals surface area contributed by atoms with Crippen LogP contribution in [0.1, 0.15) is 24.0 Å². The summed E-state index contributed by atoms with van der Waals surface area (Å²) < 4.78 is 25.4. The molecule has 5 heteroatoms. The molecule has 2 bridgehead atoms. The van der Waals surface area contributed by atoms with E-state index >= 15 is 0 Å². The van der Waals surface area contributed by atoms with Crippen molar-refractivity contribution >= 4 is 0 Å². The van der Waals surface area contributed by atoms with E-state index in [0.717, 1.165) is 43.7 Å². The van der Waals surface area contributed by atoms with Crippen molar-refractivity contribution in [3.05, 3.63) is 65.7 Å². The summed E-state index contributed by atoms with van der Waals surface area (Å²) in [4.78, 5) is 6.57. The van der Waals surface area contributed by atoms with Crippen LogP contribution in [0.15, 0.2) is 48.8 Å². The van der Waals surface area contributed by atoms with Crippen molar-refractivity contribution in [1.82, 2.24) is 9.88 Å². The van der Waals surface area contributed by atoms with E-state index in [1.807, 2.05) is 30.5 Å². The van der Waals surface area contributed by atoms with Crippen LogP contribution < -0.4 is 0 Å². The molecule has 132 valence electrons. The first-order valence-corrected chi connectivity index (χ1v) is 8.90. The second-order valence-electron chi connectivity index (χ2n) is 6.79. The molecule has 0 spiro atoms. The van der Waals surface area contributed by atoms with Crippen LogP contribution in [0, 0.1) is 5.82 Å². The van der Waals surface area contributed by atoms with E-state index in [9.17, 15) is 4.39 Å². The average molecular weight is 342 g/mol. The fraction of sp³-hybridized carbons (Fsp3) is 0.450. The van der Waals surface area contributed by atoms with Crippen molar-refractivity contribution in [3.63, 3.8) is 0 Å². The molecule has 0 amide bonds. The van der Waals surface area contributed by atoms with Gasteiger partial charge in [-0.25, -0.2) is 4.39 Å². The predicted molar refractivity (Wildman–Crippen MR) is 92.4 cm³/mol. The van der Waals surface area contributed by atoms with Gasteiger partial charge in [-0.1, -0.05) is 18.2 Å². The average Bonchev–Trinajstić information content (AvgIpc) is 2.95. The van der Waals surface area contributed by atoms with E-state index in [4.69, 9.17) is 9.47 Å². The molecule has 3 atom stereocenters. The standard InChI is InChI=1S/C20H23FN2O2/c21-17-5-3-15(4-6-17)13-23-10-11-24-19-8-7-18(23)20(19)25-14-16-2-1-9-22-12-16/h1-6,9,12,18-20H,7-8,10-11,13-14H2. The lowest BCUT2D eigenvalue weighted by molar-refractivity contribution is -0.0614. The van der Waals surface area contributed by atoms with Crippen LogP contribution >= 0.6 is 0 Å². The van der Waals surface area contributed by atoms with Crippen molar-refractivity contribution in [2.45, 2.75) is 44.2 Å². The van der Waals surface area contributed by atoms with Crippen LogP contribution in [0.25, 0.3) is 0 Å². The van der Waals surface area contributed by atoms with Gasteiger partial charge in [-0.05, 0) is 42.2 Å². The highest BCUT2D eigenvalue weighted by molar-refractivity contribution is 5.16. The second kappa shape index (κ2) is 7.60. The molecule has 1 saturated carbocycles. The first-order chi connectivity index (χ1) is 12.3. The highest BCUT2D eigenvalue weighted by Crippen LogP contribution is 2.33. The number of fused-ring (bicyclic) bond motifs is 2. The third-order valence-electron chi connectivity index (χ3n) is 5.14. The van der Waals surface area contributed by atoms with E-state index in [-0.39, 0.29) is 18.0 Å². The molecule has 3 unspecified atom stereocenters. The quantitative estimate of drug-likeness (QED) is 0.836. The van der Waals surface area contributed by atoms with Crippen LogP contribution in [0.3, 0.4) is 0 Å². The number of aromatic nitrogens is 1. The number of benzene rings is 1. The molecule has 4 rings (SSSR count). The summed E-state index contributed by atoms with van der Waals surface area (Å²) in [6, 6.07) is 11.1. The molecule has 2 aromatic rings. The van der Waals surface area contributed by atoms with Crippen LogP contribution in [-0.4, -0.2) is 41.3 Å². The van der Waals surface area contributed by atoms with Crippen molar-refractivity contribution in [3.8, 4) is 0 Å². The summed E-state index contributed by atoms with van der Waals surface area (Å²) in [7, 11) is 0. The summed E-state index contributed by atoms with van der Waals surface area (Å²) in [6.07, 6.45) is 5.96. The maximum absolute atomic E-state index is 13.1. The van der Waals surface area contributed by atoms with Crippen LogP contribution in [0.2, 0.25) is 0 Å². The minimum absolute atomic E-state index is 0.0724. The zero-order chi connectivity index (χ0) is 17.1. The summed E-state index contributed by atoms with van der Waals surface area (Å²) in [6.45, 7) is 2.95. The third-order valence-corrected chi connectivity index (χ3v) is 5.14. The van der Waals surface area contributed by atoms with Crippen molar-refractivity contribution in [1.29, 1.82) is 0 Å². The molecule has 1 saturated heterocycles. The molecule has 1 aliphatic carbocycles. The fourth-order valence-corrected chi connectivity index (χ4v) is 3.88. The first-order valence-electron chi connectivity index (χ1n) is 8.90. The number of hydrogen-bond acceptors (Lipinski definition) is 4. The molecule has 1 aromatic carbocycles. The Morgan fingerprint density at radius 3 is 2.84 bits per heavy atom. The Bertz CT molecular complexity index is 680. The van der Waals surface area contributed by atoms with E-state index in [2.05, 4.69) is 9.88 Å². The molecule has 1 aliphatic heterocycles. The smallest absolute Gasteiger partial charge is 0.123 e. The molecular formula is C20H23FN2O2. The highest BCUT2D eigenvalue weighted by Gasteiger charge is 2.42. The van der Waals surface area contributed by atoms with Gasteiger partial charge in [0.15, 0.2) is 0 Å². The monoisotopic (exact) mass is 342 g/mol. The normalized spacial score (nSPS) is 26.5. The van der Waals surface area contributed by atoms with Gasteiger partial charge >= 0.3 is 0 Å². The van der Waals surface area contributed by atoms with Gasteiger partial charge in [-0.15, -0.1) is 0 Å². The van der Waals surface area contributed by atoms with Gasteiger partial charge in [-0.2, -0.15) is 0 Å². The Morgan fingerprint density at radius 2 is 2.04 bits per heavy atom. The van der Waals surface area contributed by atoms with Gasteiger partial charge in [0.1, 0.15) is 5.82 Å². The Kier molecular flexibility index (Phi) is 5.06. The summed E-state index contributed by atoms with van der Waals surface area (Å²) in [5.41, 5.74) is 2.20.